The molecule has 1 aromatic rings. The predicted molar refractivity (Wildman–Crippen MR) is 79.4 cm³/mol. The maximum Gasteiger partial charge on any atom is 0.411 e. The SMILES string of the molecule is CN(C(=O)OC(C)(C)C)C(C)(C=O)c1ccc(Br)s1. The number of ether oxygens (including phenoxy) is 1. The quantitative estimate of drug-likeness (QED) is 0.781. The van der Waals surface area contributed by atoms with E-state index >= 15 is 0 Å². The number of carbonyl (C=O) groups is 2. The van der Waals surface area contributed by atoms with Crippen LogP contribution in [0.1, 0.15) is 32.6 Å². The summed E-state index contributed by atoms with van der Waals surface area (Å²) in [7, 11) is 1.57. The van der Waals surface area contributed by atoms with Crippen LogP contribution in [0.5, 0.6) is 0 Å². The first-order chi connectivity index (χ1) is 8.60. The summed E-state index contributed by atoms with van der Waals surface area (Å²) in [5.41, 5.74) is -1.62. The maximum absolute atomic E-state index is 12.1. The Morgan fingerprint density at radius 1 is 1.37 bits per heavy atom. The molecule has 106 valence electrons. The topological polar surface area (TPSA) is 46.6 Å². The summed E-state index contributed by atoms with van der Waals surface area (Å²) in [6.45, 7) is 7.07. The maximum atomic E-state index is 12.1. The van der Waals surface area contributed by atoms with Crippen molar-refractivity contribution in [2.24, 2.45) is 0 Å². The molecular weight excluding hydrogens is 330 g/mol. The molecule has 0 fully saturated rings. The molecule has 0 saturated heterocycles. The number of hydrogen-bond donors (Lipinski definition) is 0. The van der Waals surface area contributed by atoms with E-state index in [0.29, 0.717) is 0 Å². The molecule has 19 heavy (non-hydrogen) atoms. The highest BCUT2D eigenvalue weighted by Crippen LogP contribution is 2.34. The van der Waals surface area contributed by atoms with E-state index in [0.717, 1.165) is 14.9 Å². The van der Waals surface area contributed by atoms with E-state index in [1.54, 1.807) is 34.7 Å². The third-order valence-electron chi connectivity index (χ3n) is 2.67. The predicted octanol–water partition coefficient (Wildman–Crippen LogP) is 3.79. The van der Waals surface area contributed by atoms with Crippen molar-refractivity contribution in [1.29, 1.82) is 0 Å². The fourth-order valence-electron chi connectivity index (χ4n) is 1.41. The van der Waals surface area contributed by atoms with Gasteiger partial charge < -0.3 is 9.53 Å². The van der Waals surface area contributed by atoms with Crippen LogP contribution < -0.4 is 0 Å². The van der Waals surface area contributed by atoms with E-state index in [-0.39, 0.29) is 0 Å². The standard InChI is InChI=1S/C13H18BrNO3S/c1-12(2,3)18-11(17)15(5)13(4,8-16)9-6-7-10(14)19-9/h6-8H,1-5H3. The molecule has 0 aromatic carbocycles. The largest absolute Gasteiger partial charge is 0.444 e. The molecule has 0 radical (unpaired) electrons. The van der Waals surface area contributed by atoms with Crippen LogP contribution in [0.3, 0.4) is 0 Å². The fraction of sp³-hybridized carbons (Fsp3) is 0.538. The Morgan fingerprint density at radius 2 is 1.95 bits per heavy atom. The summed E-state index contributed by atoms with van der Waals surface area (Å²) in [5, 5.41) is 0. The Bertz CT molecular complexity index is 480. The summed E-state index contributed by atoms with van der Waals surface area (Å²) in [4.78, 5) is 25.7. The van der Waals surface area contributed by atoms with Gasteiger partial charge in [-0.05, 0) is 55.8 Å². The van der Waals surface area contributed by atoms with Crippen molar-refractivity contribution in [3.63, 3.8) is 0 Å². The molecule has 0 aliphatic carbocycles. The Labute approximate surface area is 125 Å². The van der Waals surface area contributed by atoms with E-state index < -0.39 is 17.2 Å². The number of carbonyl (C=O) groups excluding carboxylic acids is 2. The first-order valence-corrected chi connectivity index (χ1v) is 7.40. The molecule has 0 N–H and O–H groups in total. The number of hydrogen-bond acceptors (Lipinski definition) is 4. The highest BCUT2D eigenvalue weighted by Gasteiger charge is 2.37. The Hall–Kier alpha value is -0.880. The van der Waals surface area contributed by atoms with Crippen LogP contribution in [-0.2, 0) is 15.1 Å². The fourth-order valence-corrected chi connectivity index (χ4v) is 2.94. The van der Waals surface area contributed by atoms with Crippen LogP contribution in [0.2, 0.25) is 0 Å². The summed E-state index contributed by atoms with van der Waals surface area (Å²) < 4.78 is 6.21. The zero-order valence-electron chi connectivity index (χ0n) is 11.7. The molecule has 1 rings (SSSR count). The van der Waals surface area contributed by atoms with Gasteiger partial charge in [-0.25, -0.2) is 4.79 Å². The molecular formula is C13H18BrNO3S. The second kappa shape index (κ2) is 5.63. The van der Waals surface area contributed by atoms with Gasteiger partial charge in [0.25, 0.3) is 0 Å². The lowest BCUT2D eigenvalue weighted by Crippen LogP contribution is -2.47. The molecule has 1 aromatic heterocycles. The van der Waals surface area contributed by atoms with Crippen molar-refractivity contribution < 1.29 is 14.3 Å². The zero-order valence-corrected chi connectivity index (χ0v) is 14.1. The minimum Gasteiger partial charge on any atom is -0.444 e. The minimum atomic E-state index is -1.03. The van der Waals surface area contributed by atoms with Crippen molar-refractivity contribution in [3.8, 4) is 0 Å². The summed E-state index contributed by atoms with van der Waals surface area (Å²) >= 11 is 4.78. The van der Waals surface area contributed by atoms with E-state index in [2.05, 4.69) is 15.9 Å². The molecule has 1 heterocycles. The van der Waals surface area contributed by atoms with Gasteiger partial charge in [0.2, 0.25) is 0 Å². The smallest absolute Gasteiger partial charge is 0.411 e. The molecule has 1 amide bonds. The van der Waals surface area contributed by atoms with Gasteiger partial charge in [0.15, 0.2) is 6.29 Å². The van der Waals surface area contributed by atoms with Crippen molar-refractivity contribution in [3.05, 3.63) is 20.8 Å². The molecule has 0 aliphatic heterocycles. The van der Waals surface area contributed by atoms with Crippen molar-refractivity contribution in [2.75, 3.05) is 7.05 Å². The number of aldehydes is 1. The number of rotatable bonds is 3. The number of thiophene rings is 1. The normalized spacial score (nSPS) is 14.6. The van der Waals surface area contributed by atoms with Crippen LogP contribution in [0.15, 0.2) is 15.9 Å². The van der Waals surface area contributed by atoms with Gasteiger partial charge in [-0.2, -0.15) is 0 Å². The van der Waals surface area contributed by atoms with Crippen LogP contribution >= 0.6 is 27.3 Å². The first kappa shape index (κ1) is 16.2. The average molecular weight is 348 g/mol. The van der Waals surface area contributed by atoms with E-state index in [9.17, 15) is 9.59 Å². The Balaban J connectivity index is 3.02. The Kier molecular flexibility index (Phi) is 4.79. The lowest BCUT2D eigenvalue weighted by Gasteiger charge is -2.34. The van der Waals surface area contributed by atoms with Crippen LogP contribution in [-0.4, -0.2) is 29.9 Å². The summed E-state index contributed by atoms with van der Waals surface area (Å²) in [6, 6.07) is 3.68. The molecule has 1 atom stereocenters. The van der Waals surface area contributed by atoms with Gasteiger partial charge in [-0.15, -0.1) is 11.3 Å². The van der Waals surface area contributed by atoms with Crippen molar-refractivity contribution in [1.82, 2.24) is 4.90 Å². The van der Waals surface area contributed by atoms with Gasteiger partial charge in [0.05, 0.1) is 3.79 Å². The average Bonchev–Trinajstić information content (AvgIpc) is 2.72. The van der Waals surface area contributed by atoms with Gasteiger partial charge in [0, 0.05) is 11.9 Å². The van der Waals surface area contributed by atoms with E-state index in [1.165, 1.54) is 16.2 Å². The van der Waals surface area contributed by atoms with Gasteiger partial charge in [0.1, 0.15) is 11.1 Å². The van der Waals surface area contributed by atoms with E-state index in [4.69, 9.17) is 4.74 Å². The highest BCUT2D eigenvalue weighted by molar-refractivity contribution is 9.11. The van der Waals surface area contributed by atoms with Gasteiger partial charge in [-0.1, -0.05) is 0 Å². The third-order valence-corrected chi connectivity index (χ3v) is 4.52. The molecule has 0 saturated carbocycles. The molecule has 1 unspecified atom stereocenters. The highest BCUT2D eigenvalue weighted by atomic mass is 79.9. The van der Waals surface area contributed by atoms with E-state index in [1.807, 2.05) is 12.1 Å². The number of likely N-dealkylation sites (N-methyl/N-ethyl adjacent to an activating group) is 1. The summed E-state index contributed by atoms with van der Waals surface area (Å²) in [6.07, 6.45) is 0.237. The molecule has 0 spiro atoms. The van der Waals surface area contributed by atoms with Gasteiger partial charge >= 0.3 is 6.09 Å². The van der Waals surface area contributed by atoms with Gasteiger partial charge in [-0.3, -0.25) is 4.90 Å². The number of nitrogens with zero attached hydrogens (tertiary/aromatic N) is 1. The minimum absolute atomic E-state index is 0.522. The second-order valence-electron chi connectivity index (χ2n) is 5.41. The van der Waals surface area contributed by atoms with Crippen LogP contribution in [0.4, 0.5) is 4.79 Å². The zero-order chi connectivity index (χ0) is 14.8. The molecule has 6 heteroatoms. The molecule has 0 aliphatic rings. The number of halogens is 1. The molecule has 4 nitrogen and oxygen atoms in total. The van der Waals surface area contributed by atoms with Crippen molar-refractivity contribution in [2.45, 2.75) is 38.8 Å². The molecule has 0 bridgehead atoms. The lowest BCUT2D eigenvalue weighted by molar-refractivity contribution is -0.117. The lowest BCUT2D eigenvalue weighted by atomic mass is 10.0. The third kappa shape index (κ3) is 3.79. The van der Waals surface area contributed by atoms with Crippen LogP contribution in [0.25, 0.3) is 0 Å². The first-order valence-electron chi connectivity index (χ1n) is 5.79. The van der Waals surface area contributed by atoms with Crippen LogP contribution in [0, 0.1) is 0 Å². The Morgan fingerprint density at radius 3 is 2.32 bits per heavy atom. The second-order valence-corrected chi connectivity index (χ2v) is 7.87. The summed E-state index contributed by atoms with van der Waals surface area (Å²) in [5.74, 6) is 0. The monoisotopic (exact) mass is 347 g/mol. The van der Waals surface area contributed by atoms with Crippen molar-refractivity contribution >= 4 is 39.6 Å². The number of amides is 1.